The number of fused-ring (bicyclic) bond motifs is 1. The van der Waals surface area contributed by atoms with Crippen LogP contribution in [0.2, 0.25) is 0 Å². The van der Waals surface area contributed by atoms with Gasteiger partial charge < -0.3 is 19.5 Å². The lowest BCUT2D eigenvalue weighted by Crippen LogP contribution is -2.04. The normalized spacial score (nSPS) is 10.9. The lowest BCUT2D eigenvalue weighted by molar-refractivity contribution is 0.0488. The molecule has 0 radical (unpaired) electrons. The Kier molecular flexibility index (Phi) is 3.96. The first-order chi connectivity index (χ1) is 11.1. The molecule has 0 saturated carbocycles. The summed E-state index contributed by atoms with van der Waals surface area (Å²) >= 11 is 0. The van der Waals surface area contributed by atoms with Crippen molar-refractivity contribution in [3.8, 4) is 0 Å². The second-order valence-electron chi connectivity index (χ2n) is 4.98. The van der Waals surface area contributed by atoms with Crippen molar-refractivity contribution in [1.29, 1.82) is 0 Å². The number of esters is 1. The van der Waals surface area contributed by atoms with Gasteiger partial charge in [-0.25, -0.2) is 19.7 Å². The fourth-order valence-corrected chi connectivity index (χ4v) is 2.21. The van der Waals surface area contributed by atoms with Crippen LogP contribution in [0.5, 0.6) is 0 Å². The number of ether oxygens (including phenoxy) is 1. The zero-order valence-corrected chi connectivity index (χ0v) is 13.1. The fraction of sp³-hybridized carbons (Fsp3) is 0.333. The quantitative estimate of drug-likeness (QED) is 0.696. The van der Waals surface area contributed by atoms with Crippen molar-refractivity contribution < 1.29 is 13.9 Å². The van der Waals surface area contributed by atoms with E-state index in [0.717, 1.165) is 11.3 Å². The molecule has 120 valence electrons. The minimum absolute atomic E-state index is 0.185. The third-order valence-electron chi connectivity index (χ3n) is 3.15. The average Bonchev–Trinajstić information content (AvgIpc) is 3.10. The standard InChI is InChI=1S/C15H17N5O3/c1-4-22-15(21)11-6-5-10(23-11)7-16-13-12-14(19-8(2)17-12)20-9(3)18-13/h5-6H,4,7H2,1-3H3,(H2,16,17,18,19,20). The van der Waals surface area contributed by atoms with Crippen molar-refractivity contribution in [1.82, 2.24) is 19.9 Å². The van der Waals surface area contributed by atoms with Gasteiger partial charge in [-0.15, -0.1) is 0 Å². The maximum absolute atomic E-state index is 11.6. The van der Waals surface area contributed by atoms with E-state index in [1.54, 1.807) is 26.0 Å². The van der Waals surface area contributed by atoms with Crippen LogP contribution in [0.3, 0.4) is 0 Å². The highest BCUT2D eigenvalue weighted by Gasteiger charge is 2.13. The molecule has 0 aliphatic rings. The van der Waals surface area contributed by atoms with Crippen LogP contribution in [-0.4, -0.2) is 32.5 Å². The summed E-state index contributed by atoms with van der Waals surface area (Å²) in [4.78, 5) is 27.7. The number of aromatic amines is 1. The third-order valence-corrected chi connectivity index (χ3v) is 3.15. The van der Waals surface area contributed by atoms with E-state index in [9.17, 15) is 4.79 Å². The third kappa shape index (κ3) is 3.15. The summed E-state index contributed by atoms with van der Waals surface area (Å²) in [7, 11) is 0. The van der Waals surface area contributed by atoms with E-state index in [1.807, 2.05) is 6.92 Å². The van der Waals surface area contributed by atoms with Gasteiger partial charge in [0.05, 0.1) is 13.2 Å². The number of hydrogen-bond donors (Lipinski definition) is 2. The molecule has 0 unspecified atom stereocenters. The SMILES string of the molecule is CCOC(=O)c1ccc(CNc2nc(C)nc3nc(C)[nH]c23)o1. The number of furan rings is 1. The highest BCUT2D eigenvalue weighted by molar-refractivity contribution is 5.86. The van der Waals surface area contributed by atoms with Gasteiger partial charge in [-0.1, -0.05) is 0 Å². The van der Waals surface area contributed by atoms with Crippen molar-refractivity contribution in [2.75, 3.05) is 11.9 Å². The minimum Gasteiger partial charge on any atom is -0.460 e. The second-order valence-corrected chi connectivity index (χ2v) is 4.98. The van der Waals surface area contributed by atoms with Crippen molar-refractivity contribution >= 4 is 23.0 Å². The van der Waals surface area contributed by atoms with Gasteiger partial charge in [0.2, 0.25) is 5.76 Å². The van der Waals surface area contributed by atoms with Crippen molar-refractivity contribution in [3.05, 3.63) is 35.3 Å². The predicted octanol–water partition coefficient (Wildman–Crippen LogP) is 2.35. The topological polar surface area (TPSA) is 106 Å². The Bertz CT molecular complexity index is 852. The Balaban J connectivity index is 1.77. The van der Waals surface area contributed by atoms with E-state index in [2.05, 4.69) is 25.3 Å². The summed E-state index contributed by atoms with van der Waals surface area (Å²) in [6.45, 7) is 6.10. The van der Waals surface area contributed by atoms with Crippen molar-refractivity contribution in [3.63, 3.8) is 0 Å². The van der Waals surface area contributed by atoms with E-state index < -0.39 is 5.97 Å². The molecule has 8 nitrogen and oxygen atoms in total. The number of nitrogens with one attached hydrogen (secondary N) is 2. The predicted molar refractivity (Wildman–Crippen MR) is 83.1 cm³/mol. The first-order valence-corrected chi connectivity index (χ1v) is 7.27. The number of H-pyrrole nitrogens is 1. The number of imidazole rings is 1. The molecule has 0 amide bonds. The first-order valence-electron chi connectivity index (χ1n) is 7.27. The number of aromatic nitrogens is 4. The van der Waals surface area contributed by atoms with Crippen LogP contribution in [0.25, 0.3) is 11.2 Å². The van der Waals surface area contributed by atoms with Gasteiger partial charge in [0.15, 0.2) is 11.5 Å². The molecule has 23 heavy (non-hydrogen) atoms. The Morgan fingerprint density at radius 1 is 1.30 bits per heavy atom. The number of hydrogen-bond acceptors (Lipinski definition) is 7. The van der Waals surface area contributed by atoms with Crippen LogP contribution in [0.1, 0.15) is 34.9 Å². The molecular weight excluding hydrogens is 298 g/mol. The smallest absolute Gasteiger partial charge is 0.374 e. The molecule has 0 aromatic carbocycles. The molecule has 2 N–H and O–H groups in total. The van der Waals surface area contributed by atoms with Gasteiger partial charge in [0.25, 0.3) is 0 Å². The van der Waals surface area contributed by atoms with Gasteiger partial charge in [-0.05, 0) is 32.9 Å². The van der Waals surface area contributed by atoms with Crippen molar-refractivity contribution in [2.45, 2.75) is 27.3 Å². The Hall–Kier alpha value is -2.90. The molecule has 0 spiro atoms. The molecular formula is C15H17N5O3. The fourth-order valence-electron chi connectivity index (χ4n) is 2.21. The number of aryl methyl sites for hydroxylation is 2. The second kappa shape index (κ2) is 6.07. The van der Waals surface area contributed by atoms with E-state index in [1.165, 1.54) is 0 Å². The van der Waals surface area contributed by atoms with Crippen LogP contribution >= 0.6 is 0 Å². The van der Waals surface area contributed by atoms with Crippen LogP contribution in [-0.2, 0) is 11.3 Å². The zero-order valence-electron chi connectivity index (χ0n) is 13.1. The van der Waals surface area contributed by atoms with Gasteiger partial charge in [-0.2, -0.15) is 0 Å². The molecule has 0 aliphatic carbocycles. The summed E-state index contributed by atoms with van der Waals surface area (Å²) < 4.78 is 10.4. The Morgan fingerprint density at radius 3 is 2.91 bits per heavy atom. The first kappa shape index (κ1) is 15.0. The Morgan fingerprint density at radius 2 is 2.13 bits per heavy atom. The molecule has 0 bridgehead atoms. The van der Waals surface area contributed by atoms with E-state index in [4.69, 9.17) is 9.15 Å². The maximum atomic E-state index is 11.6. The zero-order chi connectivity index (χ0) is 16.4. The molecule has 0 fully saturated rings. The molecule has 0 saturated heterocycles. The highest BCUT2D eigenvalue weighted by atomic mass is 16.5. The van der Waals surface area contributed by atoms with E-state index in [0.29, 0.717) is 36.2 Å². The van der Waals surface area contributed by atoms with Crippen LogP contribution in [0.4, 0.5) is 5.82 Å². The summed E-state index contributed by atoms with van der Waals surface area (Å²) in [5, 5.41) is 3.17. The van der Waals surface area contributed by atoms with Gasteiger partial charge >= 0.3 is 5.97 Å². The van der Waals surface area contributed by atoms with Crippen molar-refractivity contribution in [2.24, 2.45) is 0 Å². The maximum Gasteiger partial charge on any atom is 0.374 e. The number of rotatable bonds is 5. The molecule has 3 aromatic rings. The highest BCUT2D eigenvalue weighted by Crippen LogP contribution is 2.19. The minimum atomic E-state index is -0.469. The van der Waals surface area contributed by atoms with Crippen LogP contribution in [0.15, 0.2) is 16.5 Å². The number of carbonyl (C=O) groups is 1. The van der Waals surface area contributed by atoms with Crippen LogP contribution in [0, 0.1) is 13.8 Å². The number of anilines is 1. The summed E-state index contributed by atoms with van der Waals surface area (Å²) in [6.07, 6.45) is 0. The average molecular weight is 315 g/mol. The van der Waals surface area contributed by atoms with Gasteiger partial charge in [-0.3, -0.25) is 0 Å². The Labute approximate surface area is 132 Å². The summed E-state index contributed by atoms with van der Waals surface area (Å²) in [5.41, 5.74) is 1.36. The summed E-state index contributed by atoms with van der Waals surface area (Å²) in [6, 6.07) is 3.32. The number of nitrogens with zero attached hydrogens (tertiary/aromatic N) is 3. The monoisotopic (exact) mass is 315 g/mol. The largest absolute Gasteiger partial charge is 0.460 e. The molecule has 3 heterocycles. The molecule has 3 aromatic heterocycles. The van der Waals surface area contributed by atoms with Crippen LogP contribution < -0.4 is 5.32 Å². The lowest BCUT2D eigenvalue weighted by atomic mass is 10.4. The molecule has 0 aliphatic heterocycles. The number of carbonyl (C=O) groups excluding carboxylic acids is 1. The molecule has 0 atom stereocenters. The lowest BCUT2D eigenvalue weighted by Gasteiger charge is -2.05. The van der Waals surface area contributed by atoms with E-state index >= 15 is 0 Å². The van der Waals surface area contributed by atoms with E-state index in [-0.39, 0.29) is 5.76 Å². The summed E-state index contributed by atoms with van der Waals surface area (Å²) in [5.74, 6) is 2.35. The molecule has 3 rings (SSSR count). The molecule has 8 heteroatoms. The van der Waals surface area contributed by atoms with Gasteiger partial charge in [0, 0.05) is 0 Å². The van der Waals surface area contributed by atoms with Gasteiger partial charge in [0.1, 0.15) is 22.9 Å².